The largest absolute Gasteiger partial charge is 0.481 e. The molecule has 0 radical (unpaired) electrons. The number of nitrogens with one attached hydrogen (secondary N) is 1. The molecule has 1 fully saturated rings. The van der Waals surface area contributed by atoms with Gasteiger partial charge in [-0.15, -0.1) is 0 Å². The van der Waals surface area contributed by atoms with Crippen molar-refractivity contribution in [2.24, 2.45) is 0 Å². The van der Waals surface area contributed by atoms with E-state index in [1.807, 2.05) is 41.9 Å². The maximum absolute atomic E-state index is 12.9. The second kappa shape index (κ2) is 7.18. The molecule has 6 nitrogen and oxygen atoms in total. The number of carboxylic acid groups (broad SMARTS) is 1. The van der Waals surface area contributed by atoms with Crippen molar-refractivity contribution < 1.29 is 14.7 Å². The molecule has 0 spiro atoms. The molecule has 0 aliphatic heterocycles. The Morgan fingerprint density at radius 1 is 1.30 bits per heavy atom. The number of carboxylic acids is 1. The Morgan fingerprint density at radius 2 is 1.96 bits per heavy atom. The number of nitrogens with zero attached hydrogens (tertiary/aromatic N) is 2. The van der Waals surface area contributed by atoms with E-state index in [-0.39, 0.29) is 17.9 Å². The Labute approximate surface area is 159 Å². The molecule has 1 heterocycles. The lowest BCUT2D eigenvalue weighted by Crippen LogP contribution is -2.31. The van der Waals surface area contributed by atoms with Crippen molar-refractivity contribution in [3.8, 4) is 0 Å². The lowest BCUT2D eigenvalue weighted by Gasteiger charge is -2.22. The topological polar surface area (TPSA) is 84.2 Å². The number of aromatic nitrogens is 2. The summed E-state index contributed by atoms with van der Waals surface area (Å²) in [4.78, 5) is 24.2. The zero-order valence-electron chi connectivity index (χ0n) is 16.3. The van der Waals surface area contributed by atoms with Crippen LogP contribution in [0.5, 0.6) is 0 Å². The number of aliphatic carboxylic acids is 1. The summed E-state index contributed by atoms with van der Waals surface area (Å²) in [5, 5.41) is 16.7. The van der Waals surface area contributed by atoms with E-state index in [0.717, 1.165) is 29.7 Å². The number of hydrogen-bond donors (Lipinski definition) is 2. The van der Waals surface area contributed by atoms with Crippen molar-refractivity contribution in [3.05, 3.63) is 52.8 Å². The number of aryl methyl sites for hydroxylation is 1. The van der Waals surface area contributed by atoms with Gasteiger partial charge in [-0.2, -0.15) is 5.10 Å². The second-order valence-corrected chi connectivity index (χ2v) is 8.29. The highest BCUT2D eigenvalue weighted by molar-refractivity contribution is 5.93. The van der Waals surface area contributed by atoms with Crippen LogP contribution in [0.1, 0.15) is 79.3 Å². The van der Waals surface area contributed by atoms with Crippen LogP contribution in [0.25, 0.3) is 0 Å². The summed E-state index contributed by atoms with van der Waals surface area (Å²) in [6.07, 6.45) is 2.06. The normalized spacial score (nSPS) is 15.4. The number of benzene rings is 1. The van der Waals surface area contributed by atoms with Crippen LogP contribution >= 0.6 is 0 Å². The van der Waals surface area contributed by atoms with Crippen molar-refractivity contribution in [3.63, 3.8) is 0 Å². The maximum atomic E-state index is 12.9. The van der Waals surface area contributed by atoms with Gasteiger partial charge in [0.25, 0.3) is 5.91 Å². The summed E-state index contributed by atoms with van der Waals surface area (Å²) < 4.78 is 1.93. The molecule has 1 aromatic heterocycles. The van der Waals surface area contributed by atoms with Gasteiger partial charge in [-0.05, 0) is 57.7 Å². The standard InChI is InChI=1S/C21H27N3O3/c1-13-7-5-6-8-15(13)16(12-19(25)26)22-20(27)17-11-18(14-9-10-14)24(23-17)21(2,3)4/h5-8,11,14,16H,9-10,12H2,1-4H3,(H,22,27)(H,25,26). The van der Waals surface area contributed by atoms with Crippen molar-refractivity contribution >= 4 is 11.9 Å². The van der Waals surface area contributed by atoms with Crippen molar-refractivity contribution in [2.75, 3.05) is 0 Å². The maximum Gasteiger partial charge on any atom is 0.305 e. The van der Waals surface area contributed by atoms with E-state index in [9.17, 15) is 14.7 Å². The lowest BCUT2D eigenvalue weighted by atomic mass is 9.98. The molecular weight excluding hydrogens is 342 g/mol. The van der Waals surface area contributed by atoms with Gasteiger partial charge in [0, 0.05) is 11.6 Å². The van der Waals surface area contributed by atoms with Gasteiger partial charge >= 0.3 is 5.97 Å². The highest BCUT2D eigenvalue weighted by Crippen LogP contribution is 2.41. The van der Waals surface area contributed by atoms with E-state index in [0.29, 0.717) is 11.6 Å². The minimum absolute atomic E-state index is 0.175. The van der Waals surface area contributed by atoms with Crippen LogP contribution in [0.4, 0.5) is 0 Å². The van der Waals surface area contributed by atoms with E-state index in [1.165, 1.54) is 0 Å². The van der Waals surface area contributed by atoms with Gasteiger partial charge in [-0.3, -0.25) is 14.3 Å². The third kappa shape index (κ3) is 4.38. The number of carbonyl (C=O) groups excluding carboxylic acids is 1. The summed E-state index contributed by atoms with van der Waals surface area (Å²) in [6, 6.07) is 8.77. The van der Waals surface area contributed by atoms with Gasteiger partial charge in [0.15, 0.2) is 0 Å². The Balaban J connectivity index is 1.88. The molecule has 1 amide bonds. The summed E-state index contributed by atoms with van der Waals surface area (Å²) in [7, 11) is 0. The van der Waals surface area contributed by atoms with E-state index < -0.39 is 12.0 Å². The molecule has 2 N–H and O–H groups in total. The van der Waals surface area contributed by atoms with Gasteiger partial charge < -0.3 is 10.4 Å². The molecule has 1 atom stereocenters. The van der Waals surface area contributed by atoms with Crippen LogP contribution in [0.3, 0.4) is 0 Å². The van der Waals surface area contributed by atoms with Crippen LogP contribution in [0.2, 0.25) is 0 Å². The van der Waals surface area contributed by atoms with Crippen LogP contribution < -0.4 is 5.32 Å². The smallest absolute Gasteiger partial charge is 0.305 e. The quantitative estimate of drug-likeness (QED) is 0.812. The average Bonchev–Trinajstić information content (AvgIpc) is 3.31. The molecule has 3 rings (SSSR count). The first-order chi connectivity index (χ1) is 12.7. The zero-order valence-corrected chi connectivity index (χ0v) is 16.3. The van der Waals surface area contributed by atoms with Gasteiger partial charge in [-0.25, -0.2) is 0 Å². The zero-order chi connectivity index (χ0) is 19.8. The highest BCUT2D eigenvalue weighted by atomic mass is 16.4. The van der Waals surface area contributed by atoms with E-state index in [4.69, 9.17) is 0 Å². The van der Waals surface area contributed by atoms with Crippen molar-refractivity contribution in [1.29, 1.82) is 0 Å². The van der Waals surface area contributed by atoms with E-state index in [1.54, 1.807) is 0 Å². The van der Waals surface area contributed by atoms with Gasteiger partial charge in [0.05, 0.1) is 18.0 Å². The Hall–Kier alpha value is -2.63. The molecular formula is C21H27N3O3. The third-order valence-electron chi connectivity index (χ3n) is 4.85. The van der Waals surface area contributed by atoms with Crippen molar-refractivity contribution in [2.45, 2.75) is 64.5 Å². The predicted octanol–water partition coefficient (Wildman–Crippen LogP) is 3.77. The number of carbonyl (C=O) groups is 2. The molecule has 2 aromatic rings. The fourth-order valence-electron chi connectivity index (χ4n) is 3.34. The first-order valence-electron chi connectivity index (χ1n) is 9.35. The first-order valence-corrected chi connectivity index (χ1v) is 9.35. The first kappa shape index (κ1) is 19.1. The van der Waals surface area contributed by atoms with Crippen LogP contribution in [-0.4, -0.2) is 26.8 Å². The molecule has 27 heavy (non-hydrogen) atoms. The molecule has 1 aliphatic carbocycles. The Kier molecular flexibility index (Phi) is 5.09. The molecule has 1 unspecified atom stereocenters. The summed E-state index contributed by atoms with van der Waals surface area (Å²) in [5.74, 6) is -0.832. The molecule has 1 saturated carbocycles. The monoisotopic (exact) mass is 369 g/mol. The van der Waals surface area contributed by atoms with Crippen LogP contribution in [-0.2, 0) is 10.3 Å². The summed E-state index contributed by atoms with van der Waals surface area (Å²) in [5.41, 5.74) is 2.97. The number of rotatable bonds is 6. The van der Waals surface area contributed by atoms with E-state index in [2.05, 4.69) is 31.2 Å². The van der Waals surface area contributed by atoms with Crippen LogP contribution in [0.15, 0.2) is 30.3 Å². The predicted molar refractivity (Wildman–Crippen MR) is 103 cm³/mol. The van der Waals surface area contributed by atoms with Gasteiger partial charge in [0.1, 0.15) is 5.69 Å². The number of hydrogen-bond acceptors (Lipinski definition) is 3. The fraction of sp³-hybridized carbons (Fsp3) is 0.476. The van der Waals surface area contributed by atoms with Gasteiger partial charge in [0.2, 0.25) is 0 Å². The summed E-state index contributed by atoms with van der Waals surface area (Å²) >= 11 is 0. The van der Waals surface area contributed by atoms with Crippen LogP contribution in [0, 0.1) is 6.92 Å². The average molecular weight is 369 g/mol. The minimum atomic E-state index is -0.956. The molecule has 0 bridgehead atoms. The lowest BCUT2D eigenvalue weighted by molar-refractivity contribution is -0.137. The SMILES string of the molecule is Cc1ccccc1C(CC(=O)O)NC(=O)c1cc(C2CC2)n(C(C)(C)C)n1. The Bertz CT molecular complexity index is 860. The molecule has 6 heteroatoms. The number of amides is 1. The van der Waals surface area contributed by atoms with E-state index >= 15 is 0 Å². The molecule has 144 valence electrons. The minimum Gasteiger partial charge on any atom is -0.481 e. The second-order valence-electron chi connectivity index (χ2n) is 8.29. The molecule has 0 saturated heterocycles. The third-order valence-corrected chi connectivity index (χ3v) is 4.85. The molecule has 1 aliphatic rings. The molecule has 1 aromatic carbocycles. The summed E-state index contributed by atoms with van der Waals surface area (Å²) in [6.45, 7) is 8.10. The van der Waals surface area contributed by atoms with Crippen molar-refractivity contribution in [1.82, 2.24) is 15.1 Å². The fourth-order valence-corrected chi connectivity index (χ4v) is 3.34. The highest BCUT2D eigenvalue weighted by Gasteiger charge is 2.33. The van der Waals surface area contributed by atoms with Gasteiger partial charge in [-0.1, -0.05) is 24.3 Å². The Morgan fingerprint density at radius 3 is 2.52 bits per heavy atom.